The lowest BCUT2D eigenvalue weighted by Crippen LogP contribution is -2.44. The number of benzene rings is 1. The van der Waals surface area contributed by atoms with Gasteiger partial charge in [0.05, 0.1) is 12.2 Å². The summed E-state index contributed by atoms with van der Waals surface area (Å²) in [5, 5.41) is 0. The zero-order chi connectivity index (χ0) is 14.1. The van der Waals surface area contributed by atoms with Crippen LogP contribution in [0.3, 0.4) is 0 Å². The Morgan fingerprint density at radius 2 is 1.70 bits per heavy atom. The van der Waals surface area contributed by atoms with Crippen molar-refractivity contribution in [3.05, 3.63) is 22.2 Å². The van der Waals surface area contributed by atoms with E-state index in [1.54, 1.807) is 0 Å². The fourth-order valence-corrected chi connectivity index (χ4v) is 3.33. The fourth-order valence-electron chi connectivity index (χ4n) is 2.88. The maximum absolute atomic E-state index is 5.78. The van der Waals surface area contributed by atoms with Crippen molar-refractivity contribution in [2.24, 2.45) is 0 Å². The van der Waals surface area contributed by atoms with E-state index in [4.69, 9.17) is 14.2 Å². The third kappa shape index (κ3) is 3.10. The molecular weight excluding hydrogens is 322 g/mol. The van der Waals surface area contributed by atoms with Crippen LogP contribution in [0.4, 0.5) is 0 Å². The molecule has 1 saturated heterocycles. The molecule has 2 aliphatic rings. The molecule has 0 aliphatic carbocycles. The molecule has 0 N–H and O–H groups in total. The van der Waals surface area contributed by atoms with Gasteiger partial charge in [-0.15, -0.1) is 0 Å². The highest BCUT2D eigenvalue weighted by molar-refractivity contribution is 9.10. The minimum absolute atomic E-state index is 0.287. The predicted octanol–water partition coefficient (Wildman–Crippen LogP) is 2.83. The molecular formula is C15H20BrNO3. The molecule has 0 unspecified atom stereocenters. The van der Waals surface area contributed by atoms with E-state index in [0.717, 1.165) is 35.6 Å². The molecule has 2 aliphatic heterocycles. The molecule has 3 rings (SSSR count). The Bertz CT molecular complexity index is 484. The zero-order valence-corrected chi connectivity index (χ0v) is 13.5. The summed E-state index contributed by atoms with van der Waals surface area (Å²) >= 11 is 3.64. The summed E-state index contributed by atoms with van der Waals surface area (Å²) in [6.07, 6.45) is 0.574. The van der Waals surface area contributed by atoms with E-state index in [-0.39, 0.29) is 12.2 Å². The third-order valence-electron chi connectivity index (χ3n) is 3.60. The summed E-state index contributed by atoms with van der Waals surface area (Å²) in [6.45, 7) is 8.33. The average molecular weight is 342 g/mol. The average Bonchev–Trinajstić information content (AvgIpc) is 2.38. The Morgan fingerprint density at radius 1 is 1.10 bits per heavy atom. The summed E-state index contributed by atoms with van der Waals surface area (Å²) in [7, 11) is 0. The Hall–Kier alpha value is -0.780. The summed E-state index contributed by atoms with van der Waals surface area (Å²) in [4.78, 5) is 2.43. The lowest BCUT2D eigenvalue weighted by Gasteiger charge is -2.35. The van der Waals surface area contributed by atoms with Gasteiger partial charge in [0.25, 0.3) is 0 Å². The molecule has 2 heterocycles. The Balaban J connectivity index is 1.76. The van der Waals surface area contributed by atoms with Crippen LogP contribution in [0.2, 0.25) is 0 Å². The number of nitrogens with zero attached hydrogens (tertiary/aromatic N) is 1. The minimum Gasteiger partial charge on any atom is -0.486 e. The SMILES string of the molecule is C[C@@H]1CN(Cc2cc3c(cc2Br)OCCO3)C[C@@H](C)O1. The maximum atomic E-state index is 5.78. The molecule has 1 aromatic rings. The van der Waals surface area contributed by atoms with Gasteiger partial charge in [0.15, 0.2) is 11.5 Å². The minimum atomic E-state index is 0.287. The Morgan fingerprint density at radius 3 is 2.35 bits per heavy atom. The quantitative estimate of drug-likeness (QED) is 0.827. The molecule has 0 aromatic heterocycles. The monoisotopic (exact) mass is 341 g/mol. The Kier molecular flexibility index (Phi) is 4.19. The van der Waals surface area contributed by atoms with Gasteiger partial charge in [-0.1, -0.05) is 15.9 Å². The van der Waals surface area contributed by atoms with E-state index in [1.165, 1.54) is 5.56 Å². The second kappa shape index (κ2) is 5.92. The number of morpholine rings is 1. The number of rotatable bonds is 2. The maximum Gasteiger partial charge on any atom is 0.162 e. The van der Waals surface area contributed by atoms with E-state index in [0.29, 0.717) is 13.2 Å². The molecule has 0 amide bonds. The lowest BCUT2D eigenvalue weighted by atomic mass is 10.1. The molecule has 110 valence electrons. The summed E-state index contributed by atoms with van der Waals surface area (Å²) in [6, 6.07) is 4.10. The molecule has 0 radical (unpaired) electrons. The standard InChI is InChI=1S/C15H20BrNO3/c1-10-7-17(8-11(2)20-10)9-12-5-14-15(6-13(12)16)19-4-3-18-14/h5-6,10-11H,3-4,7-9H2,1-2H3/t10-,11-/m1/s1. The topological polar surface area (TPSA) is 30.9 Å². The number of ether oxygens (including phenoxy) is 3. The molecule has 1 fully saturated rings. The van der Waals surface area contributed by atoms with Crippen LogP contribution >= 0.6 is 15.9 Å². The van der Waals surface area contributed by atoms with Gasteiger partial charge in [-0.05, 0) is 31.5 Å². The van der Waals surface area contributed by atoms with Crippen molar-refractivity contribution >= 4 is 15.9 Å². The van der Waals surface area contributed by atoms with E-state index in [9.17, 15) is 0 Å². The predicted molar refractivity (Wildman–Crippen MR) is 80.4 cm³/mol. The van der Waals surface area contributed by atoms with E-state index in [2.05, 4.69) is 40.7 Å². The largest absolute Gasteiger partial charge is 0.486 e. The van der Waals surface area contributed by atoms with Gasteiger partial charge in [-0.2, -0.15) is 0 Å². The summed E-state index contributed by atoms with van der Waals surface area (Å²) in [5.41, 5.74) is 1.23. The first-order valence-electron chi connectivity index (χ1n) is 7.07. The molecule has 4 nitrogen and oxygen atoms in total. The number of fused-ring (bicyclic) bond motifs is 1. The second-order valence-corrected chi connectivity index (χ2v) is 6.39. The highest BCUT2D eigenvalue weighted by atomic mass is 79.9. The smallest absolute Gasteiger partial charge is 0.162 e. The van der Waals surface area contributed by atoms with E-state index in [1.807, 2.05) is 6.07 Å². The van der Waals surface area contributed by atoms with Crippen LogP contribution in [0.5, 0.6) is 11.5 Å². The zero-order valence-electron chi connectivity index (χ0n) is 11.9. The van der Waals surface area contributed by atoms with Crippen LogP contribution in [-0.4, -0.2) is 43.4 Å². The van der Waals surface area contributed by atoms with Crippen molar-refractivity contribution in [1.82, 2.24) is 4.90 Å². The van der Waals surface area contributed by atoms with Gasteiger partial charge in [0.1, 0.15) is 13.2 Å². The molecule has 0 bridgehead atoms. The van der Waals surface area contributed by atoms with Crippen LogP contribution in [0.25, 0.3) is 0 Å². The number of hydrogen-bond acceptors (Lipinski definition) is 4. The molecule has 20 heavy (non-hydrogen) atoms. The highest BCUT2D eigenvalue weighted by Crippen LogP contribution is 2.36. The first kappa shape index (κ1) is 14.2. The van der Waals surface area contributed by atoms with E-state index >= 15 is 0 Å². The molecule has 0 spiro atoms. The van der Waals surface area contributed by atoms with Crippen LogP contribution < -0.4 is 9.47 Å². The molecule has 2 atom stereocenters. The van der Waals surface area contributed by atoms with Gasteiger partial charge >= 0.3 is 0 Å². The molecule has 0 saturated carbocycles. The van der Waals surface area contributed by atoms with Crippen molar-refractivity contribution < 1.29 is 14.2 Å². The van der Waals surface area contributed by atoms with Crippen molar-refractivity contribution in [3.63, 3.8) is 0 Å². The van der Waals surface area contributed by atoms with Crippen LogP contribution in [0, 0.1) is 0 Å². The number of hydrogen-bond donors (Lipinski definition) is 0. The van der Waals surface area contributed by atoms with Crippen molar-refractivity contribution in [3.8, 4) is 11.5 Å². The first-order chi connectivity index (χ1) is 9.61. The normalized spacial score (nSPS) is 26.6. The highest BCUT2D eigenvalue weighted by Gasteiger charge is 2.23. The van der Waals surface area contributed by atoms with Crippen LogP contribution in [0.15, 0.2) is 16.6 Å². The van der Waals surface area contributed by atoms with Crippen LogP contribution in [-0.2, 0) is 11.3 Å². The van der Waals surface area contributed by atoms with Gasteiger partial charge in [0.2, 0.25) is 0 Å². The summed E-state index contributed by atoms with van der Waals surface area (Å²) in [5.74, 6) is 1.68. The second-order valence-electron chi connectivity index (χ2n) is 5.54. The third-order valence-corrected chi connectivity index (χ3v) is 4.34. The van der Waals surface area contributed by atoms with Crippen LogP contribution in [0.1, 0.15) is 19.4 Å². The van der Waals surface area contributed by atoms with Crippen molar-refractivity contribution in [2.45, 2.75) is 32.6 Å². The van der Waals surface area contributed by atoms with Gasteiger partial charge < -0.3 is 14.2 Å². The lowest BCUT2D eigenvalue weighted by molar-refractivity contribution is -0.0705. The van der Waals surface area contributed by atoms with Gasteiger partial charge in [0, 0.05) is 24.1 Å². The van der Waals surface area contributed by atoms with Crippen molar-refractivity contribution in [1.29, 1.82) is 0 Å². The fraction of sp³-hybridized carbons (Fsp3) is 0.600. The van der Waals surface area contributed by atoms with Gasteiger partial charge in [-0.25, -0.2) is 0 Å². The van der Waals surface area contributed by atoms with Crippen molar-refractivity contribution in [2.75, 3.05) is 26.3 Å². The summed E-state index contributed by atoms with van der Waals surface area (Å²) < 4.78 is 18.1. The molecule has 5 heteroatoms. The van der Waals surface area contributed by atoms with Gasteiger partial charge in [-0.3, -0.25) is 4.90 Å². The number of halogens is 1. The van der Waals surface area contributed by atoms with E-state index < -0.39 is 0 Å². The Labute approximate surface area is 128 Å². The first-order valence-corrected chi connectivity index (χ1v) is 7.87. The molecule has 1 aromatic carbocycles.